The van der Waals surface area contributed by atoms with Crippen LogP contribution in [0.4, 0.5) is 0 Å². The van der Waals surface area contributed by atoms with E-state index in [1.54, 1.807) is 7.11 Å². The van der Waals surface area contributed by atoms with E-state index in [1.165, 1.54) is 0 Å². The molecule has 0 spiro atoms. The van der Waals surface area contributed by atoms with Crippen LogP contribution < -0.4 is 5.32 Å². The molecule has 15 heavy (non-hydrogen) atoms. The Kier molecular flexibility index (Phi) is 4.50. The fourth-order valence-corrected chi connectivity index (χ4v) is 2.24. The molecule has 1 amide bonds. The minimum atomic E-state index is -0.604. The maximum atomic E-state index is 11.8. The lowest BCUT2D eigenvalue weighted by Crippen LogP contribution is -2.34. The van der Waals surface area contributed by atoms with Crippen LogP contribution in [-0.4, -0.2) is 49.1 Å². The summed E-state index contributed by atoms with van der Waals surface area (Å²) in [5.41, 5.74) is -0.604. The summed E-state index contributed by atoms with van der Waals surface area (Å²) in [5.74, 6) is -0.0762. The molecule has 0 aromatic heterocycles. The van der Waals surface area contributed by atoms with Gasteiger partial charge in [0.2, 0.25) is 5.91 Å². The molecule has 1 aliphatic rings. The van der Waals surface area contributed by atoms with E-state index in [4.69, 9.17) is 14.9 Å². The highest BCUT2D eigenvalue weighted by Crippen LogP contribution is 2.36. The normalized spacial score (nSPS) is 24.2. The van der Waals surface area contributed by atoms with Gasteiger partial charge in [0.15, 0.2) is 0 Å². The van der Waals surface area contributed by atoms with Crippen LogP contribution in [-0.2, 0) is 9.53 Å². The molecule has 1 aliphatic heterocycles. The Morgan fingerprint density at radius 1 is 1.47 bits per heavy atom. The Hall–Kier alpha value is -0.650. The minimum Gasteiger partial charge on any atom is -0.396 e. The molecule has 1 atom stereocenters. The summed E-state index contributed by atoms with van der Waals surface area (Å²) in [6, 6.07) is 0.000556. The number of aliphatic hydroxyl groups excluding tert-OH is 2. The number of hydrogen-bond acceptors (Lipinski definition) is 4. The first-order valence-electron chi connectivity index (χ1n) is 5.20. The van der Waals surface area contributed by atoms with Gasteiger partial charge in [-0.3, -0.25) is 4.79 Å². The maximum Gasteiger partial charge on any atom is 0.226 e. The van der Waals surface area contributed by atoms with Crippen molar-refractivity contribution in [1.82, 2.24) is 5.32 Å². The standard InChI is InChI=1S/C10H19NO4/c1-15-7-8-6-10(2-4-12,3-5-13)9(14)11-8/h8,12-13H,2-7H2,1H3,(H,11,14). The van der Waals surface area contributed by atoms with E-state index < -0.39 is 5.41 Å². The summed E-state index contributed by atoms with van der Waals surface area (Å²) in [4.78, 5) is 11.8. The SMILES string of the molecule is COCC1CC(CCO)(CCO)C(=O)N1. The molecule has 0 aliphatic carbocycles. The smallest absolute Gasteiger partial charge is 0.226 e. The Morgan fingerprint density at radius 2 is 2.07 bits per heavy atom. The van der Waals surface area contributed by atoms with Gasteiger partial charge in [-0.15, -0.1) is 0 Å². The van der Waals surface area contributed by atoms with Gasteiger partial charge in [-0.25, -0.2) is 0 Å². The van der Waals surface area contributed by atoms with Crippen LogP contribution in [0.1, 0.15) is 19.3 Å². The van der Waals surface area contributed by atoms with Crippen molar-refractivity contribution in [2.45, 2.75) is 25.3 Å². The molecule has 0 aromatic carbocycles. The number of methoxy groups -OCH3 is 1. The van der Waals surface area contributed by atoms with Crippen LogP contribution in [0.5, 0.6) is 0 Å². The average Bonchev–Trinajstić information content (AvgIpc) is 2.45. The molecule has 0 saturated carbocycles. The largest absolute Gasteiger partial charge is 0.396 e. The predicted molar refractivity (Wildman–Crippen MR) is 54.3 cm³/mol. The van der Waals surface area contributed by atoms with Gasteiger partial charge in [0, 0.05) is 20.3 Å². The zero-order chi connectivity index (χ0) is 11.3. The number of rotatable bonds is 6. The number of nitrogens with one attached hydrogen (secondary N) is 1. The van der Waals surface area contributed by atoms with Gasteiger partial charge in [-0.05, 0) is 19.3 Å². The fourth-order valence-electron chi connectivity index (χ4n) is 2.24. The molecule has 0 aromatic rings. The van der Waals surface area contributed by atoms with Crippen LogP contribution in [0.3, 0.4) is 0 Å². The number of carbonyl (C=O) groups excluding carboxylic acids is 1. The van der Waals surface area contributed by atoms with Crippen LogP contribution >= 0.6 is 0 Å². The predicted octanol–water partition coefficient (Wildman–Crippen LogP) is -0.727. The van der Waals surface area contributed by atoms with Crippen molar-refractivity contribution >= 4 is 5.91 Å². The summed E-state index contributed by atoms with van der Waals surface area (Å²) in [7, 11) is 1.59. The van der Waals surface area contributed by atoms with Gasteiger partial charge >= 0.3 is 0 Å². The van der Waals surface area contributed by atoms with Crippen molar-refractivity contribution in [1.29, 1.82) is 0 Å². The van der Waals surface area contributed by atoms with Crippen molar-refractivity contribution in [2.75, 3.05) is 26.9 Å². The summed E-state index contributed by atoms with van der Waals surface area (Å²) in [6.45, 7) is 0.407. The summed E-state index contributed by atoms with van der Waals surface area (Å²) >= 11 is 0. The zero-order valence-electron chi connectivity index (χ0n) is 9.03. The highest BCUT2D eigenvalue weighted by molar-refractivity contribution is 5.85. The second kappa shape index (κ2) is 5.44. The lowest BCUT2D eigenvalue weighted by molar-refractivity contribution is -0.129. The van der Waals surface area contributed by atoms with E-state index in [-0.39, 0.29) is 25.2 Å². The third kappa shape index (κ3) is 2.68. The third-order valence-electron chi connectivity index (χ3n) is 3.00. The Morgan fingerprint density at radius 3 is 2.53 bits per heavy atom. The van der Waals surface area contributed by atoms with E-state index in [9.17, 15) is 4.79 Å². The van der Waals surface area contributed by atoms with Gasteiger partial charge < -0.3 is 20.3 Å². The first kappa shape index (κ1) is 12.4. The van der Waals surface area contributed by atoms with E-state index in [2.05, 4.69) is 5.32 Å². The van der Waals surface area contributed by atoms with Gasteiger partial charge in [0.25, 0.3) is 0 Å². The molecule has 1 rings (SSSR count). The molecule has 0 radical (unpaired) electrons. The van der Waals surface area contributed by atoms with Crippen LogP contribution in [0.15, 0.2) is 0 Å². The molecule has 1 unspecified atom stereocenters. The van der Waals surface area contributed by atoms with Crippen molar-refractivity contribution < 1.29 is 19.7 Å². The molecule has 1 heterocycles. The van der Waals surface area contributed by atoms with Crippen LogP contribution in [0.2, 0.25) is 0 Å². The van der Waals surface area contributed by atoms with Crippen molar-refractivity contribution in [3.63, 3.8) is 0 Å². The molecular weight excluding hydrogens is 198 g/mol. The summed E-state index contributed by atoms with van der Waals surface area (Å²) < 4.78 is 4.98. The van der Waals surface area contributed by atoms with Gasteiger partial charge in [0.1, 0.15) is 0 Å². The topological polar surface area (TPSA) is 78.8 Å². The highest BCUT2D eigenvalue weighted by Gasteiger charge is 2.45. The van der Waals surface area contributed by atoms with E-state index in [0.717, 1.165) is 0 Å². The Balaban J connectivity index is 2.66. The molecule has 88 valence electrons. The maximum absolute atomic E-state index is 11.8. The zero-order valence-corrected chi connectivity index (χ0v) is 9.03. The minimum absolute atomic E-state index is 0.000556. The van der Waals surface area contributed by atoms with Gasteiger partial charge in [0.05, 0.1) is 18.1 Å². The van der Waals surface area contributed by atoms with Crippen molar-refractivity contribution in [2.24, 2.45) is 5.41 Å². The third-order valence-corrected chi connectivity index (χ3v) is 3.00. The van der Waals surface area contributed by atoms with Crippen molar-refractivity contribution in [3.8, 4) is 0 Å². The van der Waals surface area contributed by atoms with Crippen LogP contribution in [0.25, 0.3) is 0 Å². The fraction of sp³-hybridized carbons (Fsp3) is 0.900. The number of carbonyl (C=O) groups is 1. The van der Waals surface area contributed by atoms with E-state index in [1.807, 2.05) is 0 Å². The second-order valence-electron chi connectivity index (χ2n) is 4.06. The molecule has 5 nitrogen and oxygen atoms in total. The molecule has 1 saturated heterocycles. The molecule has 1 fully saturated rings. The number of ether oxygens (including phenoxy) is 1. The van der Waals surface area contributed by atoms with E-state index >= 15 is 0 Å². The average molecular weight is 217 g/mol. The quantitative estimate of drug-likeness (QED) is 0.548. The van der Waals surface area contributed by atoms with Gasteiger partial charge in [-0.1, -0.05) is 0 Å². The molecular formula is C10H19NO4. The second-order valence-corrected chi connectivity index (χ2v) is 4.06. The first-order valence-corrected chi connectivity index (χ1v) is 5.20. The number of amides is 1. The first-order chi connectivity index (χ1) is 7.18. The Labute approximate surface area is 89.4 Å². The van der Waals surface area contributed by atoms with E-state index in [0.29, 0.717) is 25.9 Å². The molecule has 5 heteroatoms. The summed E-state index contributed by atoms with van der Waals surface area (Å²) in [6.07, 6.45) is 1.43. The van der Waals surface area contributed by atoms with Gasteiger partial charge in [-0.2, -0.15) is 0 Å². The lowest BCUT2D eigenvalue weighted by atomic mass is 9.79. The lowest BCUT2D eigenvalue weighted by Gasteiger charge is -2.24. The molecule has 0 bridgehead atoms. The number of hydrogen-bond donors (Lipinski definition) is 3. The monoisotopic (exact) mass is 217 g/mol. The highest BCUT2D eigenvalue weighted by atomic mass is 16.5. The summed E-state index contributed by atoms with van der Waals surface area (Å²) in [5, 5.41) is 20.7. The Bertz CT molecular complexity index is 213. The molecule has 3 N–H and O–H groups in total. The van der Waals surface area contributed by atoms with Crippen LogP contribution in [0, 0.1) is 5.41 Å². The van der Waals surface area contributed by atoms with Crippen molar-refractivity contribution in [3.05, 3.63) is 0 Å². The number of aliphatic hydroxyl groups is 2.